The molecular formula is C60H85O9P. The van der Waals surface area contributed by atoms with Crippen molar-refractivity contribution in [3.05, 3.63) is 108 Å². The Morgan fingerprint density at radius 1 is 0.629 bits per heavy atom. The summed E-state index contributed by atoms with van der Waals surface area (Å²) in [5.41, 5.74) is 3.91. The van der Waals surface area contributed by atoms with Crippen molar-refractivity contribution in [3.63, 3.8) is 0 Å². The van der Waals surface area contributed by atoms with Crippen LogP contribution in [0, 0.1) is 52.3 Å². The maximum absolute atomic E-state index is 14.5. The Morgan fingerprint density at radius 3 is 1.91 bits per heavy atom. The summed E-state index contributed by atoms with van der Waals surface area (Å²) in [5, 5.41) is 0. The van der Waals surface area contributed by atoms with E-state index >= 15 is 0 Å². The Labute approximate surface area is 420 Å². The Morgan fingerprint density at radius 2 is 1.26 bits per heavy atom. The molecule has 0 bridgehead atoms. The highest BCUT2D eigenvalue weighted by molar-refractivity contribution is 7.59. The standard InChI is InChI=1S/C51H73O9P.C9H12/c1-5-14-42(52)23-21-40(49(55)57-33-38-15-8-6-9-16-38)35-61(56,60-34-39-17-10-7-11-18-39)32-29-48(54)59-36-58-47(53)27-20-37(2)44-25-26-45-43-24-22-41-19-12-13-30-50(41,3)46(43)28-31-51(44,45)4;1-2-6-9-7-4-3-5-8-9/h6-11,15-18,37,40-41,43-46H,5,12-14,19-36H2,1-4H3;3-5,7-8H,2,6H2,1H3/t37-,40?,41?,43?,44?,45?,46?,50?,51?,61?;/m1./s1. The third-order valence-electron chi connectivity index (χ3n) is 17.3. The van der Waals surface area contributed by atoms with E-state index in [1.165, 1.54) is 82.6 Å². The average Bonchev–Trinajstić information content (AvgIpc) is 3.73. The van der Waals surface area contributed by atoms with Gasteiger partial charge in [0, 0.05) is 31.6 Å². The predicted octanol–water partition coefficient (Wildman–Crippen LogP) is 14.5. The van der Waals surface area contributed by atoms with Crippen LogP contribution in [0.15, 0.2) is 91.0 Å². The van der Waals surface area contributed by atoms with Gasteiger partial charge in [-0.3, -0.25) is 23.7 Å². The molecule has 0 N–H and O–H groups in total. The molecule has 0 heterocycles. The second-order valence-electron chi connectivity index (χ2n) is 21.9. The Hall–Kier alpha value is -4.07. The summed E-state index contributed by atoms with van der Waals surface area (Å²) >= 11 is 0. The van der Waals surface area contributed by atoms with Gasteiger partial charge in [0.15, 0.2) is 0 Å². The van der Waals surface area contributed by atoms with Gasteiger partial charge in [0.2, 0.25) is 14.2 Å². The monoisotopic (exact) mass is 981 g/mol. The zero-order chi connectivity index (χ0) is 50.0. The minimum atomic E-state index is -3.66. The number of rotatable bonds is 24. The first-order valence-electron chi connectivity index (χ1n) is 27.1. The SMILES string of the molecule is CCCC(=O)CCC(CP(=O)(CCC(=O)OCOC(=O)CC[C@@H](C)C1CCC2C3CCC4CCCCC4(C)C3CCC21C)OCc1ccccc1)C(=O)OCc1ccccc1.CCCc1ccccc1. The number of carbonyl (C=O) groups is 4. The van der Waals surface area contributed by atoms with Crippen molar-refractivity contribution in [2.45, 2.75) is 170 Å². The summed E-state index contributed by atoms with van der Waals surface area (Å²) < 4.78 is 36.9. The number of carbonyl (C=O) groups excluding carboxylic acids is 4. The van der Waals surface area contributed by atoms with Gasteiger partial charge in [-0.25, -0.2) is 0 Å². The largest absolute Gasteiger partial charge is 0.461 e. The number of ether oxygens (including phenoxy) is 3. The molecule has 70 heavy (non-hydrogen) atoms. The fourth-order valence-electron chi connectivity index (χ4n) is 13.5. The maximum Gasteiger partial charge on any atom is 0.309 e. The first kappa shape index (κ1) is 55.2. The van der Waals surface area contributed by atoms with E-state index in [1.54, 1.807) is 0 Å². The lowest BCUT2D eigenvalue weighted by atomic mass is 9.44. The van der Waals surface area contributed by atoms with Crippen molar-refractivity contribution < 1.29 is 42.5 Å². The minimum absolute atomic E-state index is 0.0190. The van der Waals surface area contributed by atoms with Gasteiger partial charge >= 0.3 is 17.9 Å². The second kappa shape index (κ2) is 27.1. The zero-order valence-electron chi connectivity index (χ0n) is 43.3. The van der Waals surface area contributed by atoms with Gasteiger partial charge in [-0.05, 0) is 140 Å². The fourth-order valence-corrected chi connectivity index (χ4v) is 15.8. The molecule has 384 valence electrons. The molecule has 3 aromatic rings. The molecule has 4 aliphatic rings. The van der Waals surface area contributed by atoms with Crippen molar-refractivity contribution in [2.24, 2.45) is 52.3 Å². The summed E-state index contributed by atoms with van der Waals surface area (Å²) in [6.07, 6.45) is 17.9. The van der Waals surface area contributed by atoms with Crippen LogP contribution in [0.1, 0.15) is 167 Å². The molecule has 10 heteroatoms. The van der Waals surface area contributed by atoms with Gasteiger partial charge in [0.05, 0.1) is 18.9 Å². The fraction of sp³-hybridized carbons (Fsp3) is 0.633. The predicted molar refractivity (Wildman–Crippen MR) is 278 cm³/mol. The van der Waals surface area contributed by atoms with E-state index in [0.717, 1.165) is 41.2 Å². The van der Waals surface area contributed by atoms with Crippen molar-refractivity contribution >= 4 is 31.1 Å². The Bertz CT molecular complexity index is 2130. The second-order valence-corrected chi connectivity index (χ2v) is 24.6. The molecule has 0 radical (unpaired) electrons. The van der Waals surface area contributed by atoms with E-state index in [9.17, 15) is 23.7 Å². The molecule has 9 nitrogen and oxygen atoms in total. The van der Waals surface area contributed by atoms with Crippen LogP contribution < -0.4 is 0 Å². The molecule has 9 unspecified atom stereocenters. The summed E-state index contributed by atoms with van der Waals surface area (Å²) in [4.78, 5) is 51.9. The van der Waals surface area contributed by atoms with E-state index in [1.807, 2.05) is 67.6 Å². The minimum Gasteiger partial charge on any atom is -0.461 e. The summed E-state index contributed by atoms with van der Waals surface area (Å²) in [7, 11) is -3.66. The van der Waals surface area contributed by atoms with Crippen LogP contribution in [0.4, 0.5) is 0 Å². The van der Waals surface area contributed by atoms with Crippen molar-refractivity contribution in [3.8, 4) is 0 Å². The van der Waals surface area contributed by atoms with E-state index in [0.29, 0.717) is 35.5 Å². The first-order valence-corrected chi connectivity index (χ1v) is 29.1. The topological polar surface area (TPSA) is 122 Å². The third-order valence-corrected chi connectivity index (χ3v) is 19.8. The lowest BCUT2D eigenvalue weighted by Gasteiger charge is -2.61. The van der Waals surface area contributed by atoms with E-state index in [2.05, 4.69) is 58.0 Å². The molecule has 4 saturated carbocycles. The molecule has 0 aromatic heterocycles. The summed E-state index contributed by atoms with van der Waals surface area (Å²) in [6.45, 7) is 11.2. The van der Waals surface area contributed by atoms with Gasteiger partial charge in [0.1, 0.15) is 12.4 Å². The Kier molecular flexibility index (Phi) is 21.4. The number of hydrogen-bond acceptors (Lipinski definition) is 9. The number of aryl methyl sites for hydroxylation is 1. The highest BCUT2D eigenvalue weighted by atomic mass is 31.2. The summed E-state index contributed by atoms with van der Waals surface area (Å²) in [5.74, 6) is 1.95. The highest BCUT2D eigenvalue weighted by Gasteiger charge is 2.60. The molecule has 0 amide bonds. The van der Waals surface area contributed by atoms with Gasteiger partial charge in [-0.1, -0.05) is 145 Å². The number of fused-ring (bicyclic) bond motifs is 5. The number of Topliss-reactive ketones (excluding diaryl/α,β-unsaturated/α-hetero) is 1. The quantitative estimate of drug-likeness (QED) is 0.0490. The molecular weight excluding hydrogens is 896 g/mol. The smallest absolute Gasteiger partial charge is 0.309 e. The lowest BCUT2D eigenvalue weighted by Crippen LogP contribution is -2.53. The zero-order valence-corrected chi connectivity index (χ0v) is 44.2. The normalized spacial score (nSPS) is 26.3. The van der Waals surface area contributed by atoms with Gasteiger partial charge in [-0.2, -0.15) is 0 Å². The van der Waals surface area contributed by atoms with E-state index in [4.69, 9.17) is 18.7 Å². The van der Waals surface area contributed by atoms with Crippen LogP contribution in [0.2, 0.25) is 0 Å². The van der Waals surface area contributed by atoms with Crippen LogP contribution in [0.25, 0.3) is 0 Å². The Balaban J connectivity index is 0.000000802. The van der Waals surface area contributed by atoms with Crippen LogP contribution >= 0.6 is 7.37 Å². The lowest BCUT2D eigenvalue weighted by molar-refractivity contribution is -0.167. The van der Waals surface area contributed by atoms with Crippen LogP contribution in [-0.2, 0) is 62.1 Å². The highest BCUT2D eigenvalue weighted by Crippen LogP contribution is 2.68. The van der Waals surface area contributed by atoms with E-state index < -0.39 is 38.0 Å². The van der Waals surface area contributed by atoms with Crippen molar-refractivity contribution in [1.29, 1.82) is 0 Å². The number of hydrogen-bond donors (Lipinski definition) is 0. The van der Waals surface area contributed by atoms with Crippen LogP contribution in [-0.4, -0.2) is 42.8 Å². The van der Waals surface area contributed by atoms with Crippen LogP contribution in [0.3, 0.4) is 0 Å². The molecule has 0 aliphatic heterocycles. The molecule has 4 fully saturated rings. The average molecular weight is 981 g/mol. The molecule has 0 spiro atoms. The van der Waals surface area contributed by atoms with Gasteiger partial charge < -0.3 is 18.7 Å². The van der Waals surface area contributed by atoms with Gasteiger partial charge in [-0.15, -0.1) is 0 Å². The molecule has 10 atom stereocenters. The third kappa shape index (κ3) is 15.5. The maximum atomic E-state index is 14.5. The number of esters is 3. The number of benzene rings is 3. The first-order chi connectivity index (χ1) is 33.8. The van der Waals surface area contributed by atoms with Crippen molar-refractivity contribution in [2.75, 3.05) is 19.1 Å². The molecule has 4 aliphatic carbocycles. The summed E-state index contributed by atoms with van der Waals surface area (Å²) in [6, 6.07) is 29.1. The molecule has 3 aromatic carbocycles. The molecule has 0 saturated heterocycles. The van der Waals surface area contributed by atoms with Crippen molar-refractivity contribution in [1.82, 2.24) is 0 Å². The number of ketones is 1. The van der Waals surface area contributed by atoms with Gasteiger partial charge in [0.25, 0.3) is 0 Å². The van der Waals surface area contributed by atoms with Crippen LogP contribution in [0.5, 0.6) is 0 Å². The molecule has 7 rings (SSSR count). The van der Waals surface area contributed by atoms with E-state index in [-0.39, 0.29) is 57.0 Å².